The first-order valence-corrected chi connectivity index (χ1v) is 6.88. The maximum atomic E-state index is 6.12. The minimum atomic E-state index is 0.228. The zero-order valence-electron chi connectivity index (χ0n) is 12.6. The van der Waals surface area contributed by atoms with Crippen LogP contribution in [0.3, 0.4) is 0 Å². The Kier molecular flexibility index (Phi) is 5.67. The Bertz CT molecular complexity index is 373. The number of hydrogen-bond donors (Lipinski definition) is 1. The van der Waals surface area contributed by atoms with E-state index in [0.29, 0.717) is 12.0 Å². The molecule has 2 nitrogen and oxygen atoms in total. The molecule has 0 aliphatic carbocycles. The monoisotopic (exact) mass is 249 g/mol. The van der Waals surface area contributed by atoms with Crippen molar-refractivity contribution in [1.82, 2.24) is 5.32 Å². The second-order valence-electron chi connectivity index (χ2n) is 5.55. The van der Waals surface area contributed by atoms with Crippen LogP contribution in [0, 0.1) is 6.92 Å². The Morgan fingerprint density at radius 3 is 2.39 bits per heavy atom. The molecule has 0 radical (unpaired) electrons. The lowest BCUT2D eigenvalue weighted by atomic mass is 10.0. The molecule has 2 unspecified atom stereocenters. The van der Waals surface area contributed by atoms with Crippen LogP contribution in [0.25, 0.3) is 0 Å². The summed E-state index contributed by atoms with van der Waals surface area (Å²) < 4.78 is 6.12. The predicted molar refractivity (Wildman–Crippen MR) is 78.5 cm³/mol. The van der Waals surface area contributed by atoms with Crippen LogP contribution in [-0.4, -0.2) is 19.2 Å². The van der Waals surface area contributed by atoms with E-state index in [2.05, 4.69) is 58.1 Å². The number of rotatable bonds is 6. The minimum Gasteiger partial charge on any atom is -0.490 e. The SMILES string of the molecule is CNC(C)CC(C)Oc1cc(C)ccc1C(C)C. The maximum absolute atomic E-state index is 6.12. The van der Waals surface area contributed by atoms with Crippen molar-refractivity contribution in [2.24, 2.45) is 0 Å². The summed E-state index contributed by atoms with van der Waals surface area (Å²) in [6.45, 7) is 10.8. The van der Waals surface area contributed by atoms with Crippen LogP contribution in [0.15, 0.2) is 18.2 Å². The topological polar surface area (TPSA) is 21.3 Å². The normalized spacial score (nSPS) is 14.6. The van der Waals surface area contributed by atoms with E-state index in [9.17, 15) is 0 Å². The highest BCUT2D eigenvalue weighted by Gasteiger charge is 2.13. The van der Waals surface area contributed by atoms with Gasteiger partial charge in [0.2, 0.25) is 0 Å². The molecule has 0 fully saturated rings. The summed E-state index contributed by atoms with van der Waals surface area (Å²) >= 11 is 0. The van der Waals surface area contributed by atoms with E-state index in [1.54, 1.807) is 0 Å². The highest BCUT2D eigenvalue weighted by molar-refractivity contribution is 5.39. The van der Waals surface area contributed by atoms with Gasteiger partial charge in [-0.3, -0.25) is 0 Å². The van der Waals surface area contributed by atoms with E-state index < -0.39 is 0 Å². The van der Waals surface area contributed by atoms with Crippen LogP contribution in [-0.2, 0) is 0 Å². The van der Waals surface area contributed by atoms with E-state index in [1.165, 1.54) is 11.1 Å². The third kappa shape index (κ3) is 4.34. The zero-order chi connectivity index (χ0) is 13.7. The predicted octanol–water partition coefficient (Wildman–Crippen LogP) is 3.88. The lowest BCUT2D eigenvalue weighted by Gasteiger charge is -2.22. The van der Waals surface area contributed by atoms with Crippen molar-refractivity contribution in [3.05, 3.63) is 29.3 Å². The van der Waals surface area contributed by atoms with Gasteiger partial charge in [0.1, 0.15) is 5.75 Å². The summed E-state index contributed by atoms with van der Waals surface area (Å²) in [7, 11) is 1.99. The molecule has 1 N–H and O–H groups in total. The molecule has 0 aliphatic heterocycles. The first kappa shape index (κ1) is 15.0. The Morgan fingerprint density at radius 1 is 1.17 bits per heavy atom. The molecular weight excluding hydrogens is 222 g/mol. The van der Waals surface area contributed by atoms with Crippen LogP contribution in [0.5, 0.6) is 5.75 Å². The third-order valence-corrected chi connectivity index (χ3v) is 3.30. The van der Waals surface area contributed by atoms with Crippen molar-refractivity contribution in [3.8, 4) is 5.75 Å². The van der Waals surface area contributed by atoms with Gasteiger partial charge in [0.15, 0.2) is 0 Å². The smallest absolute Gasteiger partial charge is 0.123 e. The van der Waals surface area contributed by atoms with Crippen LogP contribution >= 0.6 is 0 Å². The molecule has 1 rings (SSSR count). The second kappa shape index (κ2) is 6.79. The van der Waals surface area contributed by atoms with Crippen molar-refractivity contribution >= 4 is 0 Å². The molecule has 0 bridgehead atoms. The number of hydrogen-bond acceptors (Lipinski definition) is 2. The fraction of sp³-hybridized carbons (Fsp3) is 0.625. The molecule has 18 heavy (non-hydrogen) atoms. The van der Waals surface area contributed by atoms with E-state index >= 15 is 0 Å². The zero-order valence-corrected chi connectivity index (χ0v) is 12.6. The average molecular weight is 249 g/mol. The number of ether oxygens (including phenoxy) is 1. The second-order valence-corrected chi connectivity index (χ2v) is 5.55. The van der Waals surface area contributed by atoms with Gasteiger partial charge in [0.25, 0.3) is 0 Å². The first-order chi connectivity index (χ1) is 8.43. The Hall–Kier alpha value is -1.02. The van der Waals surface area contributed by atoms with Crippen molar-refractivity contribution < 1.29 is 4.74 Å². The molecule has 0 spiro atoms. The van der Waals surface area contributed by atoms with Gasteiger partial charge >= 0.3 is 0 Å². The summed E-state index contributed by atoms with van der Waals surface area (Å²) in [6, 6.07) is 6.97. The van der Waals surface area contributed by atoms with Gasteiger partial charge in [-0.25, -0.2) is 0 Å². The van der Waals surface area contributed by atoms with Crippen LogP contribution in [0.4, 0.5) is 0 Å². The Morgan fingerprint density at radius 2 is 1.83 bits per heavy atom. The summed E-state index contributed by atoms with van der Waals surface area (Å²) in [5.41, 5.74) is 2.55. The summed E-state index contributed by atoms with van der Waals surface area (Å²) in [5.74, 6) is 1.54. The largest absolute Gasteiger partial charge is 0.490 e. The molecule has 1 aromatic rings. The molecular formula is C16H27NO. The molecule has 0 heterocycles. The van der Waals surface area contributed by atoms with Gasteiger partial charge < -0.3 is 10.1 Å². The standard InChI is InChI=1S/C16H27NO/c1-11(2)15-8-7-12(3)9-16(15)18-14(5)10-13(4)17-6/h7-9,11,13-14,17H,10H2,1-6H3. The maximum Gasteiger partial charge on any atom is 0.123 e. The quantitative estimate of drug-likeness (QED) is 0.826. The van der Waals surface area contributed by atoms with Crippen molar-refractivity contribution in [2.45, 2.75) is 59.1 Å². The Labute approximate surface area is 112 Å². The third-order valence-electron chi connectivity index (χ3n) is 3.30. The van der Waals surface area contributed by atoms with Gasteiger partial charge in [-0.15, -0.1) is 0 Å². The van der Waals surface area contributed by atoms with Gasteiger partial charge in [-0.05, 0) is 57.4 Å². The van der Waals surface area contributed by atoms with E-state index in [0.717, 1.165) is 12.2 Å². The first-order valence-electron chi connectivity index (χ1n) is 6.88. The summed E-state index contributed by atoms with van der Waals surface area (Å²) in [5, 5.41) is 3.25. The van der Waals surface area contributed by atoms with Gasteiger partial charge in [-0.1, -0.05) is 26.0 Å². The fourth-order valence-corrected chi connectivity index (χ4v) is 2.10. The number of aryl methyl sites for hydroxylation is 1. The van der Waals surface area contributed by atoms with Crippen LogP contribution in [0.1, 0.15) is 51.2 Å². The molecule has 0 amide bonds. The highest BCUT2D eigenvalue weighted by Crippen LogP contribution is 2.28. The van der Waals surface area contributed by atoms with Gasteiger partial charge in [0.05, 0.1) is 6.10 Å². The van der Waals surface area contributed by atoms with E-state index in [4.69, 9.17) is 4.74 Å². The van der Waals surface area contributed by atoms with Gasteiger partial charge in [-0.2, -0.15) is 0 Å². The average Bonchev–Trinajstić information content (AvgIpc) is 2.28. The number of nitrogens with one attached hydrogen (secondary N) is 1. The summed E-state index contributed by atoms with van der Waals surface area (Å²) in [6.07, 6.45) is 1.24. The van der Waals surface area contributed by atoms with Crippen molar-refractivity contribution in [3.63, 3.8) is 0 Å². The van der Waals surface area contributed by atoms with Crippen LogP contribution < -0.4 is 10.1 Å². The molecule has 2 heteroatoms. The molecule has 1 aromatic carbocycles. The number of benzene rings is 1. The van der Waals surface area contributed by atoms with Crippen LogP contribution in [0.2, 0.25) is 0 Å². The van der Waals surface area contributed by atoms with Crippen molar-refractivity contribution in [1.29, 1.82) is 0 Å². The van der Waals surface area contributed by atoms with E-state index in [-0.39, 0.29) is 6.10 Å². The van der Waals surface area contributed by atoms with Gasteiger partial charge in [0, 0.05) is 6.04 Å². The fourth-order valence-electron chi connectivity index (χ4n) is 2.10. The molecule has 2 atom stereocenters. The van der Waals surface area contributed by atoms with Crippen molar-refractivity contribution in [2.75, 3.05) is 7.05 Å². The lowest BCUT2D eigenvalue weighted by Crippen LogP contribution is -2.28. The minimum absolute atomic E-state index is 0.228. The molecule has 0 aliphatic rings. The molecule has 0 aromatic heterocycles. The Balaban J connectivity index is 2.79. The summed E-state index contributed by atoms with van der Waals surface area (Å²) in [4.78, 5) is 0. The molecule has 102 valence electrons. The van der Waals surface area contributed by atoms with E-state index in [1.807, 2.05) is 7.05 Å². The lowest BCUT2D eigenvalue weighted by molar-refractivity contribution is 0.195. The molecule has 0 saturated heterocycles. The molecule has 0 saturated carbocycles. The highest BCUT2D eigenvalue weighted by atomic mass is 16.5.